The summed E-state index contributed by atoms with van der Waals surface area (Å²) in [4.78, 5) is 12.2. The molecule has 114 valence electrons. The lowest BCUT2D eigenvalue weighted by atomic mass is 10.1. The number of benzene rings is 2. The van der Waals surface area contributed by atoms with Crippen molar-refractivity contribution in [1.29, 1.82) is 0 Å². The quantitative estimate of drug-likeness (QED) is 0.677. The Bertz CT molecular complexity index is 676. The molecule has 0 saturated heterocycles. The molecule has 4 heteroatoms. The van der Waals surface area contributed by atoms with Crippen molar-refractivity contribution in [3.05, 3.63) is 65.2 Å². The number of ether oxygens (including phenoxy) is 1. The van der Waals surface area contributed by atoms with Gasteiger partial charge in [-0.15, -0.1) is 0 Å². The van der Waals surface area contributed by atoms with Crippen molar-refractivity contribution >= 4 is 11.6 Å². The highest BCUT2D eigenvalue weighted by atomic mass is 16.5. The van der Waals surface area contributed by atoms with Crippen LogP contribution in [-0.4, -0.2) is 18.7 Å². The summed E-state index contributed by atoms with van der Waals surface area (Å²) in [5, 5.41) is 4.26. The summed E-state index contributed by atoms with van der Waals surface area (Å²) in [6.45, 7) is 3.91. The van der Waals surface area contributed by atoms with Gasteiger partial charge in [-0.05, 0) is 54.8 Å². The topological polar surface area (TPSA) is 50.7 Å². The van der Waals surface area contributed by atoms with E-state index >= 15 is 0 Å². The first kappa shape index (κ1) is 15.8. The van der Waals surface area contributed by atoms with Crippen LogP contribution >= 0.6 is 0 Å². The summed E-state index contributed by atoms with van der Waals surface area (Å²) in [5.41, 5.74) is 5.99. The summed E-state index contributed by atoms with van der Waals surface area (Å²) >= 11 is 0. The molecule has 0 unspecified atom stereocenters. The third-order valence-electron chi connectivity index (χ3n) is 3.44. The Morgan fingerprint density at radius 1 is 1.14 bits per heavy atom. The molecule has 0 spiro atoms. The second-order valence-corrected chi connectivity index (χ2v) is 4.90. The van der Waals surface area contributed by atoms with Crippen LogP contribution < -0.4 is 10.2 Å². The van der Waals surface area contributed by atoms with Crippen LogP contribution in [0.15, 0.2) is 53.6 Å². The van der Waals surface area contributed by atoms with E-state index in [9.17, 15) is 4.79 Å². The number of aryl methyl sites for hydroxylation is 1. The van der Waals surface area contributed by atoms with E-state index in [1.807, 2.05) is 56.3 Å². The summed E-state index contributed by atoms with van der Waals surface area (Å²) in [5.74, 6) is 0.598. The lowest BCUT2D eigenvalue weighted by Gasteiger charge is -2.07. The average molecular weight is 296 g/mol. The molecule has 0 bridgehead atoms. The van der Waals surface area contributed by atoms with Gasteiger partial charge in [-0.2, -0.15) is 5.10 Å². The van der Waals surface area contributed by atoms with Gasteiger partial charge in [0.2, 0.25) is 0 Å². The molecule has 2 aromatic carbocycles. The highest BCUT2D eigenvalue weighted by Gasteiger charge is 2.08. The van der Waals surface area contributed by atoms with E-state index in [2.05, 4.69) is 10.5 Å². The van der Waals surface area contributed by atoms with Crippen molar-refractivity contribution in [2.75, 3.05) is 7.11 Å². The number of amides is 1. The van der Waals surface area contributed by atoms with Gasteiger partial charge in [0, 0.05) is 5.56 Å². The molecule has 0 saturated carbocycles. The van der Waals surface area contributed by atoms with Crippen LogP contribution in [-0.2, 0) is 0 Å². The zero-order valence-electron chi connectivity index (χ0n) is 13.1. The predicted octanol–water partition coefficient (Wildman–Crippen LogP) is 3.55. The summed E-state index contributed by atoms with van der Waals surface area (Å²) in [6.07, 6.45) is 0.723. The molecule has 1 amide bonds. The molecular weight excluding hydrogens is 276 g/mol. The SMILES string of the molecule is CCC(=NNC(=O)c1ccccc1C)c1ccc(OC)cc1. The summed E-state index contributed by atoms with van der Waals surface area (Å²) in [6, 6.07) is 15.1. The normalized spacial score (nSPS) is 11.1. The molecule has 0 aromatic heterocycles. The number of carbonyl (C=O) groups is 1. The Labute approximate surface area is 130 Å². The van der Waals surface area contributed by atoms with E-state index in [1.54, 1.807) is 13.2 Å². The number of carbonyl (C=O) groups excluding carboxylic acids is 1. The predicted molar refractivity (Wildman–Crippen MR) is 88.5 cm³/mol. The highest BCUT2D eigenvalue weighted by molar-refractivity contribution is 6.02. The van der Waals surface area contributed by atoms with Gasteiger partial charge in [0.05, 0.1) is 12.8 Å². The standard InChI is InChI=1S/C18H20N2O2/c1-4-17(14-9-11-15(22-3)12-10-14)19-20-18(21)16-8-6-5-7-13(16)2/h5-12H,4H2,1-3H3,(H,20,21). The van der Waals surface area contributed by atoms with Gasteiger partial charge in [0.25, 0.3) is 5.91 Å². The van der Waals surface area contributed by atoms with Crippen molar-refractivity contribution in [2.45, 2.75) is 20.3 Å². The lowest BCUT2D eigenvalue weighted by molar-refractivity contribution is 0.0954. The van der Waals surface area contributed by atoms with Crippen molar-refractivity contribution in [2.24, 2.45) is 5.10 Å². The first-order valence-corrected chi connectivity index (χ1v) is 7.22. The fourth-order valence-corrected chi connectivity index (χ4v) is 2.14. The van der Waals surface area contributed by atoms with Crippen molar-refractivity contribution < 1.29 is 9.53 Å². The van der Waals surface area contributed by atoms with Gasteiger partial charge in [-0.25, -0.2) is 5.43 Å². The molecule has 2 rings (SSSR count). The first-order chi connectivity index (χ1) is 10.7. The Balaban J connectivity index is 2.15. The smallest absolute Gasteiger partial charge is 0.271 e. The fourth-order valence-electron chi connectivity index (χ4n) is 2.14. The monoisotopic (exact) mass is 296 g/mol. The Kier molecular flexibility index (Phi) is 5.31. The minimum absolute atomic E-state index is 0.197. The number of methoxy groups -OCH3 is 1. The van der Waals surface area contributed by atoms with Crippen LogP contribution in [0.3, 0.4) is 0 Å². The molecule has 22 heavy (non-hydrogen) atoms. The van der Waals surface area contributed by atoms with Gasteiger partial charge < -0.3 is 4.74 Å². The summed E-state index contributed by atoms with van der Waals surface area (Å²) in [7, 11) is 1.63. The zero-order chi connectivity index (χ0) is 15.9. The number of hydrogen-bond donors (Lipinski definition) is 1. The van der Waals surface area contributed by atoms with E-state index in [1.165, 1.54) is 0 Å². The minimum atomic E-state index is -0.197. The van der Waals surface area contributed by atoms with Crippen LogP contribution in [0.5, 0.6) is 5.75 Å². The van der Waals surface area contributed by atoms with E-state index in [0.29, 0.717) is 5.56 Å². The van der Waals surface area contributed by atoms with Crippen molar-refractivity contribution in [1.82, 2.24) is 5.43 Å². The van der Waals surface area contributed by atoms with E-state index < -0.39 is 0 Å². The number of rotatable bonds is 5. The van der Waals surface area contributed by atoms with Crippen LogP contribution in [0.1, 0.15) is 34.8 Å². The summed E-state index contributed by atoms with van der Waals surface area (Å²) < 4.78 is 5.14. The van der Waals surface area contributed by atoms with E-state index in [0.717, 1.165) is 29.0 Å². The first-order valence-electron chi connectivity index (χ1n) is 7.22. The maximum Gasteiger partial charge on any atom is 0.271 e. The van der Waals surface area contributed by atoms with Gasteiger partial charge in [-0.1, -0.05) is 25.1 Å². The van der Waals surface area contributed by atoms with Crippen molar-refractivity contribution in [3.63, 3.8) is 0 Å². The molecule has 0 heterocycles. The Morgan fingerprint density at radius 2 is 1.82 bits per heavy atom. The van der Waals surface area contributed by atoms with Crippen LogP contribution in [0, 0.1) is 6.92 Å². The maximum atomic E-state index is 12.2. The average Bonchev–Trinajstić information content (AvgIpc) is 2.56. The molecule has 0 radical (unpaired) electrons. The van der Waals surface area contributed by atoms with Gasteiger partial charge in [0.1, 0.15) is 5.75 Å². The van der Waals surface area contributed by atoms with Gasteiger partial charge in [-0.3, -0.25) is 4.79 Å². The molecular formula is C18H20N2O2. The highest BCUT2D eigenvalue weighted by Crippen LogP contribution is 2.13. The number of hydrogen-bond acceptors (Lipinski definition) is 3. The molecule has 2 aromatic rings. The van der Waals surface area contributed by atoms with Crippen LogP contribution in [0.2, 0.25) is 0 Å². The van der Waals surface area contributed by atoms with Crippen molar-refractivity contribution in [3.8, 4) is 5.75 Å². The molecule has 4 nitrogen and oxygen atoms in total. The molecule has 0 aliphatic carbocycles. The van der Waals surface area contributed by atoms with Gasteiger partial charge in [0.15, 0.2) is 0 Å². The third kappa shape index (κ3) is 3.73. The molecule has 0 fully saturated rings. The van der Waals surface area contributed by atoms with Crippen LogP contribution in [0.4, 0.5) is 0 Å². The number of nitrogens with one attached hydrogen (secondary N) is 1. The maximum absolute atomic E-state index is 12.2. The molecule has 0 atom stereocenters. The van der Waals surface area contributed by atoms with E-state index in [4.69, 9.17) is 4.74 Å². The fraction of sp³-hybridized carbons (Fsp3) is 0.222. The Morgan fingerprint density at radius 3 is 2.41 bits per heavy atom. The molecule has 0 aliphatic heterocycles. The lowest BCUT2D eigenvalue weighted by Crippen LogP contribution is -2.20. The molecule has 0 aliphatic rings. The largest absolute Gasteiger partial charge is 0.497 e. The van der Waals surface area contributed by atoms with E-state index in [-0.39, 0.29) is 5.91 Å². The minimum Gasteiger partial charge on any atom is -0.497 e. The Hall–Kier alpha value is -2.62. The number of hydrazone groups is 1. The van der Waals surface area contributed by atoms with Gasteiger partial charge >= 0.3 is 0 Å². The second kappa shape index (κ2) is 7.41. The van der Waals surface area contributed by atoms with Crippen LogP contribution in [0.25, 0.3) is 0 Å². The third-order valence-corrected chi connectivity index (χ3v) is 3.44. The second-order valence-electron chi connectivity index (χ2n) is 4.90. The number of nitrogens with zero attached hydrogens (tertiary/aromatic N) is 1. The zero-order valence-corrected chi connectivity index (χ0v) is 13.1. The molecule has 1 N–H and O–H groups in total.